The molecule has 2 heterocycles. The van der Waals surface area contributed by atoms with E-state index in [1.54, 1.807) is 23.9 Å². The molecule has 3 aromatic carbocycles. The van der Waals surface area contributed by atoms with E-state index in [0.717, 1.165) is 14.7 Å². The maximum Gasteiger partial charge on any atom is 0.269 e. The zero-order valence-corrected chi connectivity index (χ0v) is 25.0. The van der Waals surface area contributed by atoms with Crippen LogP contribution in [-0.4, -0.2) is 42.6 Å². The van der Waals surface area contributed by atoms with Crippen molar-refractivity contribution in [3.63, 3.8) is 0 Å². The summed E-state index contributed by atoms with van der Waals surface area (Å²) in [7, 11) is 0. The normalized spacial score (nSPS) is 17.9. The number of non-ortho nitro benzene ring substituents is 1. The van der Waals surface area contributed by atoms with E-state index in [2.05, 4.69) is 32.9 Å². The van der Waals surface area contributed by atoms with Gasteiger partial charge < -0.3 is 15.1 Å². The second kappa shape index (κ2) is 12.5. The summed E-state index contributed by atoms with van der Waals surface area (Å²) in [5, 5.41) is 41.8. The van der Waals surface area contributed by atoms with Crippen LogP contribution < -0.4 is 4.90 Å². The van der Waals surface area contributed by atoms with E-state index in [1.165, 1.54) is 23.1 Å². The van der Waals surface area contributed by atoms with Crippen LogP contribution in [0.2, 0.25) is 0 Å². The number of nitrogens with zero attached hydrogens (tertiary/aromatic N) is 5. The van der Waals surface area contributed by atoms with Gasteiger partial charge in [-0.3, -0.25) is 19.6 Å². The summed E-state index contributed by atoms with van der Waals surface area (Å²) in [5.74, 6) is -1.47. The number of hydrogen-bond acceptors (Lipinski definition) is 7. The Balaban J connectivity index is 1.32. The molecular formula is C31H30IN5O5. The molecule has 4 aromatic rings. The first-order chi connectivity index (χ1) is 20.2. The topological polar surface area (TPSA) is 135 Å². The van der Waals surface area contributed by atoms with Crippen LogP contribution in [0, 0.1) is 19.6 Å². The van der Waals surface area contributed by atoms with Crippen molar-refractivity contribution in [2.45, 2.75) is 38.0 Å². The highest BCUT2D eigenvalue weighted by atomic mass is 127. The van der Waals surface area contributed by atoms with Gasteiger partial charge in [-0.05, 0) is 58.3 Å². The number of fused-ring (bicyclic) bond motifs is 1. The molecule has 1 aliphatic heterocycles. The average Bonchev–Trinajstić information content (AvgIpc) is 3.54. The molecular weight excluding hydrogens is 649 g/mol. The lowest BCUT2D eigenvalue weighted by atomic mass is 9.82. The number of nitro groups is 1. The van der Waals surface area contributed by atoms with Gasteiger partial charge in [-0.1, -0.05) is 66.8 Å². The highest BCUT2D eigenvalue weighted by molar-refractivity contribution is 14.1. The van der Waals surface area contributed by atoms with E-state index in [4.69, 9.17) is 0 Å². The molecule has 0 radical (unpaired) electrons. The minimum absolute atomic E-state index is 0.0903. The standard InChI is InChI=1S/C31H30IN5O5/c1-21(7-5-6-16-35-19-28(33-34-35)26(20-38)23-8-3-2-4-9-23)31(40)27-17-25(37(41)42)14-15-29(27)36(30(31)39)18-22-10-12-24(32)13-11-22/h2-5,7-15,17,19,21,26,38,40H,6,16,18,20H2,1H3/b7-5+/t21-,26?,31+/m0/s1. The molecule has 42 heavy (non-hydrogen) atoms. The number of carbonyl (C=O) groups excluding carboxylic acids is 1. The molecule has 11 heteroatoms. The average molecular weight is 680 g/mol. The monoisotopic (exact) mass is 679 g/mol. The van der Waals surface area contributed by atoms with Gasteiger partial charge in [0, 0.05) is 39.9 Å². The van der Waals surface area contributed by atoms with Crippen molar-refractivity contribution in [1.29, 1.82) is 0 Å². The Labute approximate surface area is 256 Å². The van der Waals surface area contributed by atoms with E-state index in [-0.39, 0.29) is 30.3 Å². The number of hydrogen-bond donors (Lipinski definition) is 2. The molecule has 1 aromatic heterocycles. The van der Waals surface area contributed by atoms with Crippen LogP contribution in [0.4, 0.5) is 11.4 Å². The summed E-state index contributed by atoms with van der Waals surface area (Å²) in [6.07, 6.45) is 5.96. The first kappa shape index (κ1) is 29.5. The van der Waals surface area contributed by atoms with E-state index in [1.807, 2.05) is 60.7 Å². The lowest BCUT2D eigenvalue weighted by Gasteiger charge is -2.27. The molecule has 10 nitrogen and oxygen atoms in total. The molecule has 0 aliphatic carbocycles. The van der Waals surface area contributed by atoms with Crippen LogP contribution >= 0.6 is 22.6 Å². The predicted molar refractivity (Wildman–Crippen MR) is 166 cm³/mol. The lowest BCUT2D eigenvalue weighted by molar-refractivity contribution is -0.385. The Hall–Kier alpha value is -3.94. The lowest BCUT2D eigenvalue weighted by Crippen LogP contribution is -2.44. The van der Waals surface area contributed by atoms with Gasteiger partial charge in [0.25, 0.3) is 11.6 Å². The number of carbonyl (C=O) groups is 1. The Morgan fingerprint density at radius 1 is 1.12 bits per heavy atom. The molecule has 2 N–H and O–H groups in total. The maximum atomic E-state index is 13.8. The Morgan fingerprint density at radius 3 is 2.55 bits per heavy atom. The van der Waals surface area contributed by atoms with E-state index >= 15 is 0 Å². The second-order valence-corrected chi connectivity index (χ2v) is 11.5. The van der Waals surface area contributed by atoms with Gasteiger partial charge in [-0.15, -0.1) is 5.10 Å². The minimum atomic E-state index is -1.97. The quantitative estimate of drug-likeness (QED) is 0.0994. The summed E-state index contributed by atoms with van der Waals surface area (Å²) in [4.78, 5) is 26.3. The molecule has 0 spiro atoms. The number of aryl methyl sites for hydroxylation is 1. The molecule has 0 fully saturated rings. The number of nitro benzene ring substituents is 1. The number of aliphatic hydroxyl groups excluding tert-OH is 1. The first-order valence-corrected chi connectivity index (χ1v) is 14.6. The molecule has 216 valence electrons. The third kappa shape index (κ3) is 5.85. The van der Waals surface area contributed by atoms with Crippen LogP contribution in [0.3, 0.4) is 0 Å². The van der Waals surface area contributed by atoms with Crippen LogP contribution in [0.1, 0.15) is 41.6 Å². The minimum Gasteiger partial charge on any atom is -0.395 e. The fourth-order valence-corrected chi connectivity index (χ4v) is 5.62. The van der Waals surface area contributed by atoms with Gasteiger partial charge >= 0.3 is 0 Å². The van der Waals surface area contributed by atoms with Crippen LogP contribution in [0.15, 0.2) is 91.1 Å². The molecule has 5 rings (SSSR count). The summed E-state index contributed by atoms with van der Waals surface area (Å²) in [6, 6.07) is 21.5. The number of aliphatic hydroxyl groups is 2. The van der Waals surface area contributed by atoms with E-state index in [0.29, 0.717) is 24.3 Å². The van der Waals surface area contributed by atoms with Gasteiger partial charge in [0.15, 0.2) is 5.60 Å². The highest BCUT2D eigenvalue weighted by Gasteiger charge is 2.53. The number of amides is 1. The SMILES string of the molecule is C[C@@H](/C=C/CCn1cc(C(CO)c2ccccc2)nn1)[C@]1(O)C(=O)N(Cc2ccc(I)cc2)c2ccc([N+](=O)[O-])cc21. The number of anilines is 1. The fraction of sp³-hybridized carbons (Fsp3) is 0.258. The number of halogens is 1. The van der Waals surface area contributed by atoms with Crippen molar-refractivity contribution in [3.8, 4) is 0 Å². The molecule has 1 amide bonds. The number of aromatic nitrogens is 3. The smallest absolute Gasteiger partial charge is 0.269 e. The van der Waals surface area contributed by atoms with Crippen molar-refractivity contribution >= 4 is 39.9 Å². The summed E-state index contributed by atoms with van der Waals surface area (Å²) >= 11 is 2.21. The molecule has 3 atom stereocenters. The fourth-order valence-electron chi connectivity index (χ4n) is 5.26. The Bertz CT molecular complexity index is 1610. The highest BCUT2D eigenvalue weighted by Crippen LogP contribution is 2.47. The van der Waals surface area contributed by atoms with Crippen molar-refractivity contribution in [2.24, 2.45) is 5.92 Å². The Kier molecular flexibility index (Phi) is 8.80. The van der Waals surface area contributed by atoms with Gasteiger partial charge in [0.05, 0.1) is 35.4 Å². The molecule has 0 saturated carbocycles. The second-order valence-electron chi connectivity index (χ2n) is 10.3. The van der Waals surface area contributed by atoms with Crippen molar-refractivity contribution in [2.75, 3.05) is 11.5 Å². The summed E-state index contributed by atoms with van der Waals surface area (Å²) < 4.78 is 2.74. The van der Waals surface area contributed by atoms with E-state index in [9.17, 15) is 25.1 Å². The largest absolute Gasteiger partial charge is 0.395 e. The molecule has 1 unspecified atom stereocenters. The predicted octanol–water partition coefficient (Wildman–Crippen LogP) is 4.93. The van der Waals surface area contributed by atoms with Gasteiger partial charge in [0.1, 0.15) is 0 Å². The molecule has 0 bridgehead atoms. The van der Waals surface area contributed by atoms with Crippen LogP contribution in [-0.2, 0) is 23.5 Å². The first-order valence-electron chi connectivity index (χ1n) is 13.5. The number of allylic oxidation sites excluding steroid dienone is 1. The van der Waals surface area contributed by atoms with Crippen LogP contribution in [0.25, 0.3) is 0 Å². The molecule has 1 aliphatic rings. The number of benzene rings is 3. The van der Waals surface area contributed by atoms with Gasteiger partial charge in [-0.2, -0.15) is 0 Å². The number of rotatable bonds is 11. The van der Waals surface area contributed by atoms with Crippen molar-refractivity contribution in [3.05, 3.63) is 127 Å². The van der Waals surface area contributed by atoms with Crippen molar-refractivity contribution in [1.82, 2.24) is 15.0 Å². The summed E-state index contributed by atoms with van der Waals surface area (Å²) in [6.45, 7) is 2.36. The van der Waals surface area contributed by atoms with Crippen molar-refractivity contribution < 1.29 is 19.9 Å². The van der Waals surface area contributed by atoms with Gasteiger partial charge in [-0.25, -0.2) is 0 Å². The molecule has 0 saturated heterocycles. The Morgan fingerprint density at radius 2 is 1.86 bits per heavy atom. The van der Waals surface area contributed by atoms with E-state index < -0.39 is 22.3 Å². The third-order valence-electron chi connectivity index (χ3n) is 7.62. The summed E-state index contributed by atoms with van der Waals surface area (Å²) in [5.41, 5.74) is 1.02. The zero-order chi connectivity index (χ0) is 29.9. The van der Waals surface area contributed by atoms with Gasteiger partial charge in [0.2, 0.25) is 0 Å². The maximum absolute atomic E-state index is 13.8. The third-order valence-corrected chi connectivity index (χ3v) is 8.34. The van der Waals surface area contributed by atoms with Crippen LogP contribution in [0.5, 0.6) is 0 Å². The zero-order valence-electron chi connectivity index (χ0n) is 22.9.